The Morgan fingerprint density at radius 1 is 1.33 bits per heavy atom. The molecule has 0 atom stereocenters. The molecule has 1 rings (SSSR count). The number of benzene rings is 1. The first-order valence-corrected chi connectivity index (χ1v) is 4.52. The topological polar surface area (TPSA) is 35.2 Å². The highest BCUT2D eigenvalue weighted by molar-refractivity contribution is 6.32. The second-order valence-corrected chi connectivity index (χ2v) is 3.19. The minimum Gasteiger partial charge on any atom is -0.491 e. The molecule has 0 aliphatic carbocycles. The summed E-state index contributed by atoms with van der Waals surface area (Å²) in [7, 11) is 0. The van der Waals surface area contributed by atoms with Crippen molar-refractivity contribution < 1.29 is 17.9 Å². The van der Waals surface area contributed by atoms with E-state index < -0.39 is 11.7 Å². The fourth-order valence-corrected chi connectivity index (χ4v) is 1.20. The van der Waals surface area contributed by atoms with Crippen LogP contribution in [0.2, 0.25) is 5.02 Å². The van der Waals surface area contributed by atoms with Crippen LogP contribution in [0.5, 0.6) is 5.75 Å². The van der Waals surface area contributed by atoms with Crippen molar-refractivity contribution in [3.05, 3.63) is 28.8 Å². The van der Waals surface area contributed by atoms with E-state index in [9.17, 15) is 13.2 Å². The van der Waals surface area contributed by atoms with Crippen LogP contribution in [-0.2, 0) is 6.18 Å². The maximum Gasteiger partial charge on any atom is 0.416 e. The van der Waals surface area contributed by atoms with Crippen molar-refractivity contribution in [3.63, 3.8) is 0 Å². The maximum absolute atomic E-state index is 12.2. The highest BCUT2D eigenvalue weighted by atomic mass is 35.5. The molecule has 15 heavy (non-hydrogen) atoms. The van der Waals surface area contributed by atoms with E-state index >= 15 is 0 Å². The third kappa shape index (κ3) is 3.28. The Hall–Kier alpha value is -0.940. The summed E-state index contributed by atoms with van der Waals surface area (Å²) in [5, 5.41) is -0.0710. The summed E-state index contributed by atoms with van der Waals surface area (Å²) in [6.07, 6.45) is -4.39. The predicted octanol–water partition coefficient (Wildman–Crippen LogP) is 2.70. The van der Waals surface area contributed by atoms with Gasteiger partial charge in [-0.2, -0.15) is 13.2 Å². The highest BCUT2D eigenvalue weighted by Gasteiger charge is 2.30. The quantitative estimate of drug-likeness (QED) is 0.880. The summed E-state index contributed by atoms with van der Waals surface area (Å²) in [6, 6.07) is 2.92. The minimum atomic E-state index is -4.39. The van der Waals surface area contributed by atoms with Crippen molar-refractivity contribution in [2.24, 2.45) is 5.73 Å². The van der Waals surface area contributed by atoms with E-state index in [2.05, 4.69) is 0 Å². The second-order valence-electron chi connectivity index (χ2n) is 2.78. The Labute approximate surface area is 89.8 Å². The lowest BCUT2D eigenvalue weighted by atomic mass is 10.2. The average Bonchev–Trinajstić information content (AvgIpc) is 2.14. The van der Waals surface area contributed by atoms with Gasteiger partial charge in [-0.15, -0.1) is 0 Å². The molecule has 0 saturated heterocycles. The molecule has 84 valence electrons. The van der Waals surface area contributed by atoms with Crippen LogP contribution >= 0.6 is 11.6 Å². The van der Waals surface area contributed by atoms with Gasteiger partial charge >= 0.3 is 6.18 Å². The van der Waals surface area contributed by atoms with Gasteiger partial charge in [0.2, 0.25) is 0 Å². The molecule has 2 N–H and O–H groups in total. The van der Waals surface area contributed by atoms with Crippen LogP contribution in [0.15, 0.2) is 18.2 Å². The number of ether oxygens (including phenoxy) is 1. The molecule has 6 heteroatoms. The molecule has 0 radical (unpaired) electrons. The molecule has 0 heterocycles. The van der Waals surface area contributed by atoms with Crippen molar-refractivity contribution in [3.8, 4) is 5.75 Å². The molecule has 0 bridgehead atoms. The average molecular weight is 240 g/mol. The van der Waals surface area contributed by atoms with Gasteiger partial charge in [0.05, 0.1) is 10.6 Å². The standard InChI is InChI=1S/C9H9ClF3NO/c10-7-5-6(9(11,12)13)1-2-8(7)15-4-3-14/h1-2,5H,3-4,14H2. The number of nitrogens with two attached hydrogens (primary N) is 1. The third-order valence-corrected chi connectivity index (χ3v) is 1.93. The SMILES string of the molecule is NCCOc1ccc(C(F)(F)F)cc1Cl. The monoisotopic (exact) mass is 239 g/mol. The zero-order chi connectivity index (χ0) is 11.5. The molecule has 0 aliphatic rings. The van der Waals surface area contributed by atoms with E-state index in [1.807, 2.05) is 0 Å². The smallest absolute Gasteiger partial charge is 0.416 e. The summed E-state index contributed by atoms with van der Waals surface area (Å²) in [5.74, 6) is 0.204. The van der Waals surface area contributed by atoms with Crippen molar-refractivity contribution in [2.75, 3.05) is 13.2 Å². The molecule has 1 aromatic carbocycles. The Kier molecular flexibility index (Phi) is 3.82. The van der Waals surface area contributed by atoms with Gasteiger partial charge in [0, 0.05) is 6.54 Å². The van der Waals surface area contributed by atoms with E-state index in [1.54, 1.807) is 0 Å². The van der Waals surface area contributed by atoms with Gasteiger partial charge < -0.3 is 10.5 Å². The van der Waals surface area contributed by atoms with Crippen molar-refractivity contribution in [2.45, 2.75) is 6.18 Å². The largest absolute Gasteiger partial charge is 0.491 e. The maximum atomic E-state index is 12.2. The number of hydrogen-bond donors (Lipinski definition) is 1. The zero-order valence-electron chi connectivity index (χ0n) is 7.64. The molecule has 1 aromatic rings. The second kappa shape index (κ2) is 4.72. The summed E-state index contributed by atoms with van der Waals surface area (Å²) >= 11 is 5.61. The van der Waals surface area contributed by atoms with Crippen LogP contribution in [0.3, 0.4) is 0 Å². The lowest BCUT2D eigenvalue weighted by molar-refractivity contribution is -0.137. The number of halogens is 4. The first-order chi connectivity index (χ1) is 6.95. The summed E-state index contributed by atoms with van der Waals surface area (Å²) < 4.78 is 41.7. The van der Waals surface area contributed by atoms with Gasteiger partial charge in [-0.05, 0) is 18.2 Å². The third-order valence-electron chi connectivity index (χ3n) is 1.63. The molecule has 0 fully saturated rings. The molecule has 2 nitrogen and oxygen atoms in total. The van der Waals surface area contributed by atoms with E-state index in [4.69, 9.17) is 22.1 Å². The van der Waals surface area contributed by atoms with E-state index in [1.165, 1.54) is 6.07 Å². The Morgan fingerprint density at radius 3 is 2.47 bits per heavy atom. The number of alkyl halides is 3. The van der Waals surface area contributed by atoms with Crippen LogP contribution in [-0.4, -0.2) is 13.2 Å². The van der Waals surface area contributed by atoms with Gasteiger partial charge in [0.1, 0.15) is 12.4 Å². The summed E-state index contributed by atoms with van der Waals surface area (Å²) in [6.45, 7) is 0.489. The van der Waals surface area contributed by atoms with Crippen LogP contribution in [0.1, 0.15) is 5.56 Å². The summed E-state index contributed by atoms with van der Waals surface area (Å²) in [4.78, 5) is 0. The molecule has 0 unspecified atom stereocenters. The number of rotatable bonds is 3. The predicted molar refractivity (Wildman–Crippen MR) is 51.0 cm³/mol. The molecule has 0 aromatic heterocycles. The summed E-state index contributed by atoms with van der Waals surface area (Å²) in [5.41, 5.74) is 4.38. The van der Waals surface area contributed by atoms with E-state index in [-0.39, 0.29) is 23.9 Å². The molecular weight excluding hydrogens is 231 g/mol. The van der Waals surface area contributed by atoms with Gasteiger partial charge in [-0.3, -0.25) is 0 Å². The normalized spacial score (nSPS) is 11.5. The van der Waals surface area contributed by atoms with Gasteiger partial charge in [-0.1, -0.05) is 11.6 Å². The first kappa shape index (κ1) is 12.1. The first-order valence-electron chi connectivity index (χ1n) is 4.15. The molecule has 0 aliphatic heterocycles. The Balaban J connectivity index is 2.88. The minimum absolute atomic E-state index is 0.0710. The number of hydrogen-bond acceptors (Lipinski definition) is 2. The van der Waals surface area contributed by atoms with E-state index in [0.717, 1.165) is 12.1 Å². The van der Waals surface area contributed by atoms with Crippen molar-refractivity contribution >= 4 is 11.6 Å². The molecule has 0 saturated carbocycles. The lowest BCUT2D eigenvalue weighted by Gasteiger charge is -2.10. The zero-order valence-corrected chi connectivity index (χ0v) is 8.40. The lowest BCUT2D eigenvalue weighted by Crippen LogP contribution is -2.11. The highest BCUT2D eigenvalue weighted by Crippen LogP contribution is 2.34. The Bertz CT molecular complexity index is 341. The van der Waals surface area contributed by atoms with Crippen LogP contribution in [0.4, 0.5) is 13.2 Å². The molecule has 0 spiro atoms. The van der Waals surface area contributed by atoms with Gasteiger partial charge in [0.15, 0.2) is 0 Å². The fourth-order valence-electron chi connectivity index (χ4n) is 0.963. The molecule has 0 amide bonds. The van der Waals surface area contributed by atoms with Crippen LogP contribution in [0.25, 0.3) is 0 Å². The van der Waals surface area contributed by atoms with Gasteiger partial charge in [-0.25, -0.2) is 0 Å². The van der Waals surface area contributed by atoms with Crippen molar-refractivity contribution in [1.29, 1.82) is 0 Å². The van der Waals surface area contributed by atoms with Crippen molar-refractivity contribution in [1.82, 2.24) is 0 Å². The van der Waals surface area contributed by atoms with Crippen LogP contribution < -0.4 is 10.5 Å². The van der Waals surface area contributed by atoms with Crippen LogP contribution in [0, 0.1) is 0 Å². The molecular formula is C9H9ClF3NO. The van der Waals surface area contributed by atoms with Gasteiger partial charge in [0.25, 0.3) is 0 Å². The Morgan fingerprint density at radius 2 is 2.00 bits per heavy atom. The fraction of sp³-hybridized carbons (Fsp3) is 0.333. The van der Waals surface area contributed by atoms with E-state index in [0.29, 0.717) is 0 Å².